The van der Waals surface area contributed by atoms with E-state index in [1.165, 1.54) is 6.07 Å². The van der Waals surface area contributed by atoms with Gasteiger partial charge in [-0.05, 0) is 115 Å². The molecule has 3 aromatic carbocycles. The molecule has 364 valence electrons. The number of halogens is 2. The van der Waals surface area contributed by atoms with Gasteiger partial charge in [-0.15, -0.1) is 0 Å². The number of nitrogens with one attached hydrogen (secondary N) is 2. The molecule has 0 saturated carbocycles. The van der Waals surface area contributed by atoms with Gasteiger partial charge in [-0.25, -0.2) is 24.8 Å². The molecule has 0 radical (unpaired) electrons. The van der Waals surface area contributed by atoms with Gasteiger partial charge in [-0.3, -0.25) is 9.59 Å². The Kier molecular flexibility index (Phi) is 12.3. The number of anilines is 4. The van der Waals surface area contributed by atoms with E-state index in [-0.39, 0.29) is 42.0 Å². The molecular formula is C48H60BrFN10O8. The number of amides is 4. The third kappa shape index (κ3) is 9.05. The highest BCUT2D eigenvalue weighted by atomic mass is 79.9. The van der Waals surface area contributed by atoms with Gasteiger partial charge < -0.3 is 48.3 Å². The molecule has 4 amide bonds. The SMILES string of the molecule is C[C@@H]1C(=O)NN=C2COc3cc(-c4ccccc4F)c(N(C)C4(C)CN(C(=O)OC(C)(C)C)C4)cc3N21.C[C@@H]1C(=O)NN=C2COc3cc(Br)c(N(C)C4(C)CN(C(=O)OC(C)(C)C)C4)cc3N21. The molecule has 2 N–H and O–H groups in total. The standard InChI is InChI=1S/C27H32FN5O4.C21H28BrN5O4/c1-16-24(34)30-29-23-13-36-22-11-18(17-9-7-8-10-19(17)28)20(12-21(22)33(16)23)31(6)27(5)14-32(15-27)25(35)37-26(2,3)4;1-12-18(28)24-23-17-9-30-16-7-13(22)14(8-15(16)27(12)17)25(6)21(5)10-26(11-21)19(29)31-20(2,3)4/h7-12,16H,13-15H2,1-6H3,(H,30,34);7-8,12H,9-11H2,1-6H3,(H,24,28)/t16-;12-/m11/s1. The first kappa shape index (κ1) is 48.2. The molecule has 0 spiro atoms. The van der Waals surface area contributed by atoms with Crippen LogP contribution in [0.2, 0.25) is 0 Å². The molecule has 2 atom stereocenters. The van der Waals surface area contributed by atoms with E-state index < -0.39 is 28.8 Å². The Labute approximate surface area is 404 Å². The van der Waals surface area contributed by atoms with Crippen LogP contribution in [-0.4, -0.2) is 133 Å². The number of fused-ring (bicyclic) bond motifs is 6. The van der Waals surface area contributed by atoms with Gasteiger partial charge in [0.15, 0.2) is 11.7 Å². The molecule has 20 heteroatoms. The van der Waals surface area contributed by atoms with Crippen molar-refractivity contribution >= 4 is 74.4 Å². The molecule has 6 aliphatic rings. The van der Waals surface area contributed by atoms with Gasteiger partial charge in [0.1, 0.15) is 53.8 Å². The third-order valence-electron chi connectivity index (χ3n) is 13.0. The van der Waals surface area contributed by atoms with E-state index in [1.54, 1.807) is 34.9 Å². The minimum absolute atomic E-state index is 0.159. The Balaban J connectivity index is 0.000000187. The lowest BCUT2D eigenvalue weighted by Gasteiger charge is -2.53. The number of carbonyl (C=O) groups is 4. The van der Waals surface area contributed by atoms with Crippen LogP contribution in [0.1, 0.15) is 69.2 Å². The highest BCUT2D eigenvalue weighted by Gasteiger charge is 2.49. The fourth-order valence-electron chi connectivity index (χ4n) is 9.00. The van der Waals surface area contributed by atoms with Crippen molar-refractivity contribution in [2.75, 3.05) is 73.1 Å². The summed E-state index contributed by atoms with van der Waals surface area (Å²) in [6, 6.07) is 13.4. The van der Waals surface area contributed by atoms with Gasteiger partial charge in [0.05, 0.1) is 28.1 Å². The summed E-state index contributed by atoms with van der Waals surface area (Å²) in [5, 5.41) is 8.32. The fraction of sp³-hybridized carbons (Fsp3) is 0.500. The van der Waals surface area contributed by atoms with Crippen LogP contribution in [0.15, 0.2) is 63.2 Å². The predicted octanol–water partition coefficient (Wildman–Crippen LogP) is 6.89. The Morgan fingerprint density at radius 3 is 1.60 bits per heavy atom. The molecule has 6 aliphatic heterocycles. The molecule has 0 unspecified atom stereocenters. The molecule has 0 aromatic heterocycles. The second-order valence-electron chi connectivity index (χ2n) is 20.6. The minimum atomic E-state index is -0.581. The zero-order valence-electron chi connectivity index (χ0n) is 40.6. The molecular weight excluding hydrogens is 943 g/mol. The van der Waals surface area contributed by atoms with Gasteiger partial charge >= 0.3 is 12.2 Å². The summed E-state index contributed by atoms with van der Waals surface area (Å²) in [6.07, 6.45) is -0.661. The van der Waals surface area contributed by atoms with Crippen LogP contribution in [0.4, 0.5) is 36.7 Å². The largest absolute Gasteiger partial charge is 0.483 e. The predicted molar refractivity (Wildman–Crippen MR) is 261 cm³/mol. The van der Waals surface area contributed by atoms with E-state index >= 15 is 4.39 Å². The summed E-state index contributed by atoms with van der Waals surface area (Å²) in [7, 11) is 3.94. The number of hydrogen-bond acceptors (Lipinski definition) is 14. The highest BCUT2D eigenvalue weighted by Crippen LogP contribution is 2.47. The van der Waals surface area contributed by atoms with E-state index in [9.17, 15) is 19.2 Å². The maximum absolute atomic E-state index is 15.0. The number of nitrogens with zero attached hydrogens (tertiary/aromatic N) is 8. The van der Waals surface area contributed by atoms with E-state index in [0.29, 0.717) is 72.8 Å². The smallest absolute Gasteiger partial charge is 0.410 e. The van der Waals surface area contributed by atoms with Crippen LogP contribution in [0.3, 0.4) is 0 Å². The first-order chi connectivity index (χ1) is 31.8. The Morgan fingerprint density at radius 2 is 1.15 bits per heavy atom. The van der Waals surface area contributed by atoms with Gasteiger partial charge in [-0.2, -0.15) is 10.2 Å². The average molecular weight is 1000 g/mol. The maximum atomic E-state index is 15.0. The first-order valence-electron chi connectivity index (χ1n) is 22.5. The van der Waals surface area contributed by atoms with Crippen LogP contribution in [-0.2, 0) is 19.1 Å². The molecule has 0 bridgehead atoms. The summed E-state index contributed by atoms with van der Waals surface area (Å²) in [4.78, 5) is 60.9. The van der Waals surface area contributed by atoms with Gasteiger partial charge in [0.2, 0.25) is 0 Å². The molecule has 9 rings (SSSR count). The highest BCUT2D eigenvalue weighted by molar-refractivity contribution is 9.10. The maximum Gasteiger partial charge on any atom is 0.410 e. The number of likely N-dealkylation sites (N-methyl/N-ethyl adjacent to an activating group) is 2. The summed E-state index contributed by atoms with van der Waals surface area (Å²) in [6.45, 7) is 21.4. The number of carbonyl (C=O) groups excluding carboxylic acids is 4. The van der Waals surface area contributed by atoms with Crippen molar-refractivity contribution in [3.8, 4) is 22.6 Å². The van der Waals surface area contributed by atoms with Crippen LogP contribution in [0.25, 0.3) is 11.1 Å². The Morgan fingerprint density at radius 1 is 0.721 bits per heavy atom. The molecule has 3 aromatic rings. The number of benzene rings is 3. The second kappa shape index (κ2) is 17.3. The number of rotatable bonds is 5. The van der Waals surface area contributed by atoms with Crippen molar-refractivity contribution in [3.05, 3.63) is 58.8 Å². The lowest BCUT2D eigenvalue weighted by Crippen LogP contribution is -2.69. The van der Waals surface area contributed by atoms with Crippen LogP contribution in [0, 0.1) is 5.82 Å². The van der Waals surface area contributed by atoms with Gasteiger partial charge in [-0.1, -0.05) is 18.2 Å². The number of likely N-dealkylation sites (tertiary alicyclic amines) is 2. The zero-order chi connectivity index (χ0) is 49.4. The van der Waals surface area contributed by atoms with E-state index in [1.807, 2.05) is 96.6 Å². The van der Waals surface area contributed by atoms with E-state index in [4.69, 9.17) is 18.9 Å². The summed E-state index contributed by atoms with van der Waals surface area (Å²) in [5.41, 5.74) is 7.55. The number of hydrogen-bond donors (Lipinski definition) is 2. The molecule has 0 aliphatic carbocycles. The van der Waals surface area contributed by atoms with Gasteiger partial charge in [0.25, 0.3) is 11.8 Å². The zero-order valence-corrected chi connectivity index (χ0v) is 42.2. The van der Waals surface area contributed by atoms with Crippen LogP contribution in [0.5, 0.6) is 11.5 Å². The molecule has 6 heterocycles. The van der Waals surface area contributed by atoms with E-state index in [0.717, 1.165) is 21.5 Å². The molecule has 2 saturated heterocycles. The van der Waals surface area contributed by atoms with Crippen molar-refractivity contribution in [1.29, 1.82) is 0 Å². The lowest BCUT2D eigenvalue weighted by molar-refractivity contribution is -0.123. The van der Waals surface area contributed by atoms with Crippen molar-refractivity contribution < 1.29 is 42.5 Å². The Bertz CT molecular complexity index is 2620. The summed E-state index contributed by atoms with van der Waals surface area (Å²) >= 11 is 3.67. The first-order valence-corrected chi connectivity index (χ1v) is 23.3. The summed E-state index contributed by atoms with van der Waals surface area (Å²) < 4.78 is 38.8. The average Bonchev–Trinajstić information content (AvgIpc) is 3.24. The topological polar surface area (TPSA) is 173 Å². The quantitative estimate of drug-likeness (QED) is 0.272. The van der Waals surface area contributed by atoms with E-state index in [2.05, 4.69) is 60.6 Å². The van der Waals surface area contributed by atoms with Crippen molar-refractivity contribution in [3.63, 3.8) is 0 Å². The van der Waals surface area contributed by atoms with Crippen molar-refractivity contribution in [2.45, 2.75) is 104 Å². The lowest BCUT2D eigenvalue weighted by atomic mass is 9.88. The molecule has 18 nitrogen and oxygen atoms in total. The van der Waals surface area contributed by atoms with Crippen LogP contribution < -0.4 is 39.9 Å². The normalized spacial score (nSPS) is 20.8. The number of ether oxygens (including phenoxy) is 4. The van der Waals surface area contributed by atoms with Gasteiger partial charge in [0, 0.05) is 61.6 Å². The second-order valence-corrected chi connectivity index (χ2v) is 21.4. The summed E-state index contributed by atoms with van der Waals surface area (Å²) in [5.74, 6) is 1.77. The number of amidine groups is 2. The van der Waals surface area contributed by atoms with Crippen LogP contribution >= 0.6 is 15.9 Å². The number of hydrazone groups is 2. The Hall–Kier alpha value is -6.31. The minimum Gasteiger partial charge on any atom is -0.483 e. The monoisotopic (exact) mass is 1000 g/mol. The fourth-order valence-corrected chi connectivity index (χ4v) is 9.58. The van der Waals surface area contributed by atoms with Crippen molar-refractivity contribution in [1.82, 2.24) is 20.7 Å². The molecule has 2 fully saturated rings. The third-order valence-corrected chi connectivity index (χ3v) is 13.6. The molecule has 68 heavy (non-hydrogen) atoms. The van der Waals surface area contributed by atoms with Crippen molar-refractivity contribution in [2.24, 2.45) is 10.2 Å².